The van der Waals surface area contributed by atoms with E-state index in [-0.39, 0.29) is 6.54 Å². The quantitative estimate of drug-likeness (QED) is 0.733. The van der Waals surface area contributed by atoms with Crippen LogP contribution in [0.2, 0.25) is 0 Å². The SMILES string of the molecule is CC(C)Cc1cc(NCC#N)ncn1. The molecule has 4 heteroatoms. The largest absolute Gasteiger partial charge is 0.357 e. The summed E-state index contributed by atoms with van der Waals surface area (Å²) in [5, 5.41) is 11.3. The molecule has 1 rings (SSSR count). The number of hydrogen-bond donors (Lipinski definition) is 1. The van der Waals surface area contributed by atoms with Gasteiger partial charge in [0.05, 0.1) is 6.07 Å². The summed E-state index contributed by atoms with van der Waals surface area (Å²) in [7, 11) is 0. The lowest BCUT2D eigenvalue weighted by Crippen LogP contribution is -2.04. The molecule has 1 aromatic heterocycles. The van der Waals surface area contributed by atoms with Crippen molar-refractivity contribution in [2.24, 2.45) is 5.92 Å². The smallest absolute Gasteiger partial charge is 0.130 e. The molecule has 0 spiro atoms. The molecule has 4 nitrogen and oxygen atoms in total. The van der Waals surface area contributed by atoms with Gasteiger partial charge in [-0.25, -0.2) is 9.97 Å². The summed E-state index contributed by atoms with van der Waals surface area (Å²) in [5.41, 5.74) is 1.01. The van der Waals surface area contributed by atoms with Crippen molar-refractivity contribution in [2.45, 2.75) is 20.3 Å². The summed E-state index contributed by atoms with van der Waals surface area (Å²) in [6.45, 7) is 4.56. The van der Waals surface area contributed by atoms with Gasteiger partial charge in [0.1, 0.15) is 18.7 Å². The van der Waals surface area contributed by atoms with Crippen molar-refractivity contribution in [1.82, 2.24) is 9.97 Å². The predicted octanol–water partition coefficient (Wildman–Crippen LogP) is 1.61. The number of hydrogen-bond acceptors (Lipinski definition) is 4. The first-order chi connectivity index (χ1) is 6.72. The molecule has 0 atom stereocenters. The second kappa shape index (κ2) is 5.18. The summed E-state index contributed by atoms with van der Waals surface area (Å²) in [6, 6.07) is 3.89. The summed E-state index contributed by atoms with van der Waals surface area (Å²) >= 11 is 0. The minimum absolute atomic E-state index is 0.276. The Hall–Kier alpha value is -1.63. The molecule has 0 bridgehead atoms. The molecule has 1 heterocycles. The van der Waals surface area contributed by atoms with Gasteiger partial charge in [0.25, 0.3) is 0 Å². The molecule has 14 heavy (non-hydrogen) atoms. The molecule has 0 unspecified atom stereocenters. The molecular weight excluding hydrogens is 176 g/mol. The second-order valence-electron chi connectivity index (χ2n) is 3.50. The van der Waals surface area contributed by atoms with E-state index in [0.717, 1.165) is 17.9 Å². The fraction of sp³-hybridized carbons (Fsp3) is 0.500. The normalized spacial score (nSPS) is 9.86. The zero-order valence-electron chi connectivity index (χ0n) is 8.49. The van der Waals surface area contributed by atoms with E-state index in [0.29, 0.717) is 5.92 Å². The Morgan fingerprint density at radius 1 is 1.50 bits per heavy atom. The molecular formula is C10H14N4. The second-order valence-corrected chi connectivity index (χ2v) is 3.50. The van der Waals surface area contributed by atoms with Crippen LogP contribution in [0.4, 0.5) is 5.82 Å². The summed E-state index contributed by atoms with van der Waals surface area (Å²) in [4.78, 5) is 8.16. The molecule has 0 saturated heterocycles. The third-order valence-corrected chi connectivity index (χ3v) is 1.69. The third kappa shape index (κ3) is 3.40. The first kappa shape index (κ1) is 10.5. The highest BCUT2D eigenvalue weighted by molar-refractivity contribution is 5.35. The van der Waals surface area contributed by atoms with E-state index in [2.05, 4.69) is 29.1 Å². The maximum atomic E-state index is 8.39. The minimum atomic E-state index is 0.276. The highest BCUT2D eigenvalue weighted by Gasteiger charge is 2.00. The van der Waals surface area contributed by atoms with E-state index in [9.17, 15) is 0 Å². The van der Waals surface area contributed by atoms with Crippen molar-refractivity contribution in [3.05, 3.63) is 18.1 Å². The standard InChI is InChI=1S/C10H14N4/c1-8(2)5-9-6-10(12-4-3-11)14-7-13-9/h6-8H,4-5H2,1-2H3,(H,12,13,14). The van der Waals surface area contributed by atoms with E-state index in [4.69, 9.17) is 5.26 Å². The Kier molecular flexibility index (Phi) is 3.86. The van der Waals surface area contributed by atoms with Gasteiger partial charge in [-0.15, -0.1) is 0 Å². The van der Waals surface area contributed by atoms with Crippen LogP contribution in [0.5, 0.6) is 0 Å². The van der Waals surface area contributed by atoms with Gasteiger partial charge in [-0.05, 0) is 12.3 Å². The van der Waals surface area contributed by atoms with Crippen molar-refractivity contribution >= 4 is 5.82 Å². The van der Waals surface area contributed by atoms with Crippen molar-refractivity contribution in [2.75, 3.05) is 11.9 Å². The average Bonchev–Trinajstić information content (AvgIpc) is 2.14. The van der Waals surface area contributed by atoms with E-state index < -0.39 is 0 Å². The molecule has 1 aromatic rings. The number of aromatic nitrogens is 2. The lowest BCUT2D eigenvalue weighted by atomic mass is 10.1. The van der Waals surface area contributed by atoms with Gasteiger partial charge in [-0.3, -0.25) is 0 Å². The molecule has 0 radical (unpaired) electrons. The Labute approximate surface area is 84.0 Å². The molecule has 0 amide bonds. The van der Waals surface area contributed by atoms with Gasteiger partial charge in [0, 0.05) is 11.8 Å². The molecule has 0 fully saturated rings. The van der Waals surface area contributed by atoms with Crippen molar-refractivity contribution in [3.63, 3.8) is 0 Å². The van der Waals surface area contributed by atoms with Crippen LogP contribution in [0.15, 0.2) is 12.4 Å². The lowest BCUT2D eigenvalue weighted by Gasteiger charge is -2.05. The van der Waals surface area contributed by atoms with Gasteiger partial charge < -0.3 is 5.32 Å². The molecule has 74 valence electrons. The van der Waals surface area contributed by atoms with E-state index in [1.54, 1.807) is 0 Å². The van der Waals surface area contributed by atoms with E-state index in [1.807, 2.05) is 12.1 Å². The van der Waals surface area contributed by atoms with E-state index in [1.165, 1.54) is 6.33 Å². The molecule has 0 aliphatic carbocycles. The van der Waals surface area contributed by atoms with Crippen LogP contribution in [0.3, 0.4) is 0 Å². The zero-order valence-corrected chi connectivity index (χ0v) is 8.49. The number of nitrogens with one attached hydrogen (secondary N) is 1. The van der Waals surface area contributed by atoms with Crippen LogP contribution in [0.1, 0.15) is 19.5 Å². The van der Waals surface area contributed by atoms with Crippen LogP contribution < -0.4 is 5.32 Å². The average molecular weight is 190 g/mol. The molecule has 0 aliphatic rings. The maximum absolute atomic E-state index is 8.39. The van der Waals surface area contributed by atoms with Crippen molar-refractivity contribution in [3.8, 4) is 6.07 Å². The van der Waals surface area contributed by atoms with Gasteiger partial charge in [-0.2, -0.15) is 5.26 Å². The predicted molar refractivity (Wildman–Crippen MR) is 54.7 cm³/mol. The summed E-state index contributed by atoms with van der Waals surface area (Å²) < 4.78 is 0. The first-order valence-electron chi connectivity index (χ1n) is 4.64. The fourth-order valence-electron chi connectivity index (χ4n) is 1.15. The van der Waals surface area contributed by atoms with Gasteiger partial charge in [0.15, 0.2) is 0 Å². The molecule has 0 saturated carbocycles. The highest BCUT2D eigenvalue weighted by Crippen LogP contribution is 2.08. The number of nitriles is 1. The number of rotatable bonds is 4. The minimum Gasteiger partial charge on any atom is -0.357 e. The number of nitrogens with zero attached hydrogens (tertiary/aromatic N) is 3. The van der Waals surface area contributed by atoms with Gasteiger partial charge in [-0.1, -0.05) is 13.8 Å². The Morgan fingerprint density at radius 3 is 2.93 bits per heavy atom. The summed E-state index contributed by atoms with van der Waals surface area (Å²) in [6.07, 6.45) is 2.46. The topological polar surface area (TPSA) is 61.6 Å². The van der Waals surface area contributed by atoms with Crippen LogP contribution >= 0.6 is 0 Å². The molecule has 0 aliphatic heterocycles. The van der Waals surface area contributed by atoms with E-state index >= 15 is 0 Å². The van der Waals surface area contributed by atoms with Crippen molar-refractivity contribution < 1.29 is 0 Å². The van der Waals surface area contributed by atoms with Crippen LogP contribution in [-0.2, 0) is 6.42 Å². The van der Waals surface area contributed by atoms with Gasteiger partial charge >= 0.3 is 0 Å². The Balaban J connectivity index is 2.65. The molecule has 1 N–H and O–H groups in total. The van der Waals surface area contributed by atoms with Crippen LogP contribution in [-0.4, -0.2) is 16.5 Å². The van der Waals surface area contributed by atoms with Gasteiger partial charge in [0.2, 0.25) is 0 Å². The summed E-state index contributed by atoms with van der Waals surface area (Å²) in [5.74, 6) is 1.30. The van der Waals surface area contributed by atoms with Crippen molar-refractivity contribution in [1.29, 1.82) is 5.26 Å². The lowest BCUT2D eigenvalue weighted by molar-refractivity contribution is 0.634. The fourth-order valence-corrected chi connectivity index (χ4v) is 1.15. The maximum Gasteiger partial charge on any atom is 0.130 e. The first-order valence-corrected chi connectivity index (χ1v) is 4.64. The zero-order chi connectivity index (χ0) is 10.4. The van der Waals surface area contributed by atoms with Crippen LogP contribution in [0.25, 0.3) is 0 Å². The highest BCUT2D eigenvalue weighted by atomic mass is 15.0. The number of anilines is 1. The monoisotopic (exact) mass is 190 g/mol. The molecule has 0 aromatic carbocycles. The Bertz CT molecular complexity index is 327. The Morgan fingerprint density at radius 2 is 2.29 bits per heavy atom. The van der Waals surface area contributed by atoms with Crippen LogP contribution in [0, 0.1) is 17.2 Å². The third-order valence-electron chi connectivity index (χ3n) is 1.69.